The van der Waals surface area contributed by atoms with Crippen molar-refractivity contribution in [2.45, 2.75) is 32.6 Å². The maximum Gasteiger partial charge on any atom is 0.317 e. The first-order valence-corrected chi connectivity index (χ1v) is 5.97. The Balaban J connectivity index is 2.11. The van der Waals surface area contributed by atoms with Gasteiger partial charge in [-0.3, -0.25) is 0 Å². The van der Waals surface area contributed by atoms with E-state index in [4.69, 9.17) is 5.73 Å². The van der Waals surface area contributed by atoms with E-state index in [-0.39, 0.29) is 6.03 Å². The van der Waals surface area contributed by atoms with Gasteiger partial charge in [-0.15, -0.1) is 0 Å². The summed E-state index contributed by atoms with van der Waals surface area (Å²) in [5, 5.41) is 2.93. The summed E-state index contributed by atoms with van der Waals surface area (Å²) in [6, 6.07) is 0.0962. The summed E-state index contributed by atoms with van der Waals surface area (Å²) in [6.07, 6.45) is 4.23. The molecule has 1 heterocycles. The molecule has 0 aliphatic carbocycles. The number of nitrogens with zero attached hydrogens (tertiary/aromatic N) is 1. The van der Waals surface area contributed by atoms with E-state index in [0.29, 0.717) is 6.54 Å². The predicted octanol–water partition coefficient (Wildman–Crippen LogP) is 1.17. The minimum absolute atomic E-state index is 0.0962. The maximum atomic E-state index is 11.7. The quantitative estimate of drug-likeness (QED) is 0.689. The molecule has 4 nitrogen and oxygen atoms in total. The first-order chi connectivity index (χ1) is 7.24. The Labute approximate surface area is 92.2 Å². The summed E-state index contributed by atoms with van der Waals surface area (Å²) in [7, 11) is 0. The average molecular weight is 213 g/mol. The van der Waals surface area contributed by atoms with Gasteiger partial charge in [0.25, 0.3) is 0 Å². The molecular formula is C11H23N3O. The van der Waals surface area contributed by atoms with Crippen LogP contribution in [-0.2, 0) is 0 Å². The predicted molar refractivity (Wildman–Crippen MR) is 61.7 cm³/mol. The maximum absolute atomic E-state index is 11.7. The molecule has 15 heavy (non-hydrogen) atoms. The lowest BCUT2D eigenvalue weighted by Crippen LogP contribution is -2.44. The molecule has 2 amide bonds. The number of nitrogens with one attached hydrogen (secondary N) is 1. The topological polar surface area (TPSA) is 58.4 Å². The van der Waals surface area contributed by atoms with E-state index < -0.39 is 0 Å². The van der Waals surface area contributed by atoms with Crippen molar-refractivity contribution in [1.29, 1.82) is 0 Å². The standard InChI is InChI=1S/C11H23N3O/c1-10-4-8-14(9-5-10)11(15)13-7-3-2-6-12/h10H,2-9,12H2,1H3,(H,13,15). The van der Waals surface area contributed by atoms with E-state index in [1.807, 2.05) is 4.90 Å². The molecule has 0 saturated carbocycles. The molecule has 4 heteroatoms. The van der Waals surface area contributed by atoms with Crippen LogP contribution in [0.15, 0.2) is 0 Å². The van der Waals surface area contributed by atoms with Crippen LogP contribution in [0.25, 0.3) is 0 Å². The van der Waals surface area contributed by atoms with Crippen LogP contribution in [-0.4, -0.2) is 37.1 Å². The Kier molecular flexibility index (Phi) is 5.47. The fourth-order valence-corrected chi connectivity index (χ4v) is 1.79. The minimum Gasteiger partial charge on any atom is -0.338 e. The third-order valence-corrected chi connectivity index (χ3v) is 2.98. The van der Waals surface area contributed by atoms with Crippen LogP contribution >= 0.6 is 0 Å². The first-order valence-electron chi connectivity index (χ1n) is 5.97. The van der Waals surface area contributed by atoms with Crippen molar-refractivity contribution in [3.63, 3.8) is 0 Å². The van der Waals surface area contributed by atoms with Gasteiger partial charge in [0.1, 0.15) is 0 Å². The first kappa shape index (κ1) is 12.3. The number of nitrogens with two attached hydrogens (primary N) is 1. The highest BCUT2D eigenvalue weighted by Crippen LogP contribution is 2.15. The van der Waals surface area contributed by atoms with Crippen LogP contribution in [0.3, 0.4) is 0 Å². The normalized spacial score (nSPS) is 17.9. The average Bonchev–Trinajstić information content (AvgIpc) is 2.25. The van der Waals surface area contributed by atoms with Crippen molar-refractivity contribution in [2.75, 3.05) is 26.2 Å². The van der Waals surface area contributed by atoms with Crippen LogP contribution in [0.1, 0.15) is 32.6 Å². The molecule has 0 bridgehead atoms. The summed E-state index contributed by atoms with van der Waals surface area (Å²) in [4.78, 5) is 13.6. The number of carbonyl (C=O) groups excluding carboxylic acids is 1. The van der Waals surface area contributed by atoms with Gasteiger partial charge in [0.15, 0.2) is 0 Å². The number of carbonyl (C=O) groups is 1. The molecule has 0 atom stereocenters. The van der Waals surface area contributed by atoms with Crippen molar-refractivity contribution in [1.82, 2.24) is 10.2 Å². The van der Waals surface area contributed by atoms with Gasteiger partial charge in [-0.1, -0.05) is 6.92 Å². The monoisotopic (exact) mass is 213 g/mol. The SMILES string of the molecule is CC1CCN(C(=O)NCCCCN)CC1. The van der Waals surface area contributed by atoms with Gasteiger partial charge in [0.2, 0.25) is 0 Å². The molecule has 0 radical (unpaired) electrons. The zero-order valence-electron chi connectivity index (χ0n) is 9.67. The molecule has 0 aromatic heterocycles. The number of amides is 2. The molecule has 0 spiro atoms. The van der Waals surface area contributed by atoms with Crippen molar-refractivity contribution in [3.05, 3.63) is 0 Å². The number of hydrogen-bond acceptors (Lipinski definition) is 2. The Morgan fingerprint density at radius 1 is 1.40 bits per heavy atom. The highest BCUT2D eigenvalue weighted by Gasteiger charge is 2.19. The van der Waals surface area contributed by atoms with Crippen LogP contribution in [0.5, 0.6) is 0 Å². The number of rotatable bonds is 4. The summed E-state index contributed by atoms with van der Waals surface area (Å²) < 4.78 is 0. The van der Waals surface area contributed by atoms with Crippen LogP contribution in [0.4, 0.5) is 4.79 Å². The van der Waals surface area contributed by atoms with Gasteiger partial charge >= 0.3 is 6.03 Å². The molecule has 1 aliphatic rings. The van der Waals surface area contributed by atoms with E-state index in [1.165, 1.54) is 0 Å². The van der Waals surface area contributed by atoms with E-state index in [9.17, 15) is 4.79 Å². The van der Waals surface area contributed by atoms with E-state index in [1.54, 1.807) is 0 Å². The fourth-order valence-electron chi connectivity index (χ4n) is 1.79. The Morgan fingerprint density at radius 3 is 2.67 bits per heavy atom. The molecule has 3 N–H and O–H groups in total. The van der Waals surface area contributed by atoms with E-state index in [0.717, 1.165) is 51.2 Å². The number of unbranched alkanes of at least 4 members (excludes halogenated alkanes) is 1. The second-order valence-corrected chi connectivity index (χ2v) is 4.40. The summed E-state index contributed by atoms with van der Waals surface area (Å²) >= 11 is 0. The molecule has 1 aliphatic heterocycles. The fraction of sp³-hybridized carbons (Fsp3) is 0.909. The van der Waals surface area contributed by atoms with Gasteiger partial charge in [0.05, 0.1) is 0 Å². The lowest BCUT2D eigenvalue weighted by atomic mass is 10.00. The zero-order chi connectivity index (χ0) is 11.1. The zero-order valence-corrected chi connectivity index (χ0v) is 9.67. The number of urea groups is 1. The summed E-state index contributed by atoms with van der Waals surface area (Å²) in [6.45, 7) is 5.52. The molecule has 1 rings (SSSR count). The molecule has 0 aromatic rings. The molecular weight excluding hydrogens is 190 g/mol. The molecule has 1 fully saturated rings. The van der Waals surface area contributed by atoms with Gasteiger partial charge < -0.3 is 16.0 Å². The Hall–Kier alpha value is -0.770. The van der Waals surface area contributed by atoms with Gasteiger partial charge in [-0.2, -0.15) is 0 Å². The number of piperidine rings is 1. The van der Waals surface area contributed by atoms with Crippen LogP contribution in [0, 0.1) is 5.92 Å². The highest BCUT2D eigenvalue weighted by atomic mass is 16.2. The number of likely N-dealkylation sites (tertiary alicyclic amines) is 1. The third-order valence-electron chi connectivity index (χ3n) is 2.98. The lowest BCUT2D eigenvalue weighted by Gasteiger charge is -2.30. The second kappa shape index (κ2) is 6.67. The Morgan fingerprint density at radius 2 is 2.07 bits per heavy atom. The van der Waals surface area contributed by atoms with Crippen LogP contribution in [0.2, 0.25) is 0 Å². The van der Waals surface area contributed by atoms with Gasteiger partial charge in [-0.05, 0) is 38.1 Å². The largest absolute Gasteiger partial charge is 0.338 e. The lowest BCUT2D eigenvalue weighted by molar-refractivity contribution is 0.174. The molecule has 0 aromatic carbocycles. The molecule has 1 saturated heterocycles. The van der Waals surface area contributed by atoms with Gasteiger partial charge in [0, 0.05) is 19.6 Å². The van der Waals surface area contributed by atoms with Crippen LogP contribution < -0.4 is 11.1 Å². The van der Waals surface area contributed by atoms with Crippen molar-refractivity contribution in [2.24, 2.45) is 11.7 Å². The number of hydrogen-bond donors (Lipinski definition) is 2. The molecule has 0 unspecified atom stereocenters. The third kappa shape index (κ3) is 4.51. The Bertz CT molecular complexity index is 188. The highest BCUT2D eigenvalue weighted by molar-refractivity contribution is 5.74. The molecule has 88 valence electrons. The van der Waals surface area contributed by atoms with Crippen molar-refractivity contribution in [3.8, 4) is 0 Å². The van der Waals surface area contributed by atoms with Crippen molar-refractivity contribution < 1.29 is 4.79 Å². The second-order valence-electron chi connectivity index (χ2n) is 4.40. The van der Waals surface area contributed by atoms with Gasteiger partial charge in [-0.25, -0.2) is 4.79 Å². The van der Waals surface area contributed by atoms with E-state index >= 15 is 0 Å². The summed E-state index contributed by atoms with van der Waals surface area (Å²) in [5.41, 5.74) is 5.38. The van der Waals surface area contributed by atoms with Crippen molar-refractivity contribution >= 4 is 6.03 Å². The minimum atomic E-state index is 0.0962. The smallest absolute Gasteiger partial charge is 0.317 e. The summed E-state index contributed by atoms with van der Waals surface area (Å²) in [5.74, 6) is 0.770. The van der Waals surface area contributed by atoms with E-state index in [2.05, 4.69) is 12.2 Å².